The first-order chi connectivity index (χ1) is 10.4. The van der Waals surface area contributed by atoms with Crippen molar-refractivity contribution in [3.8, 4) is 0 Å². The number of nitrogens with zero attached hydrogens (tertiary/aromatic N) is 1. The van der Waals surface area contributed by atoms with Crippen molar-refractivity contribution in [1.29, 1.82) is 0 Å². The van der Waals surface area contributed by atoms with E-state index in [1.54, 1.807) is 24.3 Å². The number of hydrogen-bond acceptors (Lipinski definition) is 4. The molecule has 1 aromatic carbocycles. The molecule has 116 valence electrons. The Kier molecular flexibility index (Phi) is 5.31. The predicted molar refractivity (Wildman–Crippen MR) is 88.2 cm³/mol. The van der Waals surface area contributed by atoms with Gasteiger partial charge in [-0.1, -0.05) is 41.9 Å². The normalized spacial score (nSPS) is 12.2. The lowest BCUT2D eigenvalue weighted by atomic mass is 10.1. The van der Waals surface area contributed by atoms with Crippen molar-refractivity contribution in [2.45, 2.75) is 25.8 Å². The van der Waals surface area contributed by atoms with E-state index in [9.17, 15) is 14.7 Å². The molecule has 5 nitrogen and oxygen atoms in total. The maximum Gasteiger partial charge on any atom is 0.330 e. The fraction of sp³-hybridized carbons (Fsp3) is 0.267. The van der Waals surface area contributed by atoms with Crippen molar-refractivity contribution < 1.29 is 14.7 Å². The summed E-state index contributed by atoms with van der Waals surface area (Å²) in [6.45, 7) is 3.98. The van der Waals surface area contributed by atoms with Gasteiger partial charge in [0.2, 0.25) is 0 Å². The van der Waals surface area contributed by atoms with E-state index in [1.807, 2.05) is 13.8 Å². The van der Waals surface area contributed by atoms with E-state index in [0.29, 0.717) is 10.4 Å². The van der Waals surface area contributed by atoms with E-state index < -0.39 is 17.9 Å². The summed E-state index contributed by atoms with van der Waals surface area (Å²) in [5.41, 5.74) is 0.512. The monoisotopic (exact) mass is 382 g/mol. The van der Waals surface area contributed by atoms with Crippen LogP contribution < -0.4 is 5.32 Å². The number of halogens is 1. The van der Waals surface area contributed by atoms with Crippen LogP contribution in [0.3, 0.4) is 0 Å². The zero-order valence-electron chi connectivity index (χ0n) is 12.0. The van der Waals surface area contributed by atoms with E-state index in [2.05, 4.69) is 26.2 Å². The Hall–Kier alpha value is -1.73. The highest BCUT2D eigenvalue weighted by Gasteiger charge is 2.23. The summed E-state index contributed by atoms with van der Waals surface area (Å²) in [4.78, 5) is 28.2. The second-order valence-electron chi connectivity index (χ2n) is 5.01. The molecule has 7 heteroatoms. The van der Waals surface area contributed by atoms with Gasteiger partial charge in [-0.15, -0.1) is 11.3 Å². The van der Waals surface area contributed by atoms with E-state index in [0.717, 1.165) is 9.48 Å². The molecule has 0 radical (unpaired) electrons. The number of hydrogen-bond donors (Lipinski definition) is 2. The van der Waals surface area contributed by atoms with Gasteiger partial charge in [0.05, 0.1) is 11.2 Å². The van der Waals surface area contributed by atoms with Crippen LogP contribution in [0.25, 0.3) is 0 Å². The summed E-state index contributed by atoms with van der Waals surface area (Å²) in [6, 6.07) is 5.71. The number of carbonyl (C=O) groups excluding carboxylic acids is 1. The van der Waals surface area contributed by atoms with Crippen LogP contribution in [0.15, 0.2) is 34.9 Å². The number of carbonyl (C=O) groups is 2. The van der Waals surface area contributed by atoms with Gasteiger partial charge in [0, 0.05) is 10.4 Å². The number of aromatic nitrogens is 1. The van der Waals surface area contributed by atoms with Crippen LogP contribution in [-0.2, 0) is 4.79 Å². The minimum atomic E-state index is -1.11. The maximum absolute atomic E-state index is 12.2. The molecule has 22 heavy (non-hydrogen) atoms. The van der Waals surface area contributed by atoms with Crippen molar-refractivity contribution in [1.82, 2.24) is 10.3 Å². The van der Waals surface area contributed by atoms with Crippen LogP contribution in [-0.4, -0.2) is 22.0 Å². The quantitative estimate of drug-likeness (QED) is 0.827. The zero-order chi connectivity index (χ0) is 16.3. The summed E-state index contributed by atoms with van der Waals surface area (Å²) in [5, 5.41) is 12.7. The lowest BCUT2D eigenvalue weighted by molar-refractivity contribution is -0.139. The third kappa shape index (κ3) is 3.92. The van der Waals surface area contributed by atoms with Crippen molar-refractivity contribution in [3.63, 3.8) is 0 Å². The molecule has 0 aliphatic carbocycles. The smallest absolute Gasteiger partial charge is 0.330 e. The molecule has 2 rings (SSSR count). The Morgan fingerprint density at radius 3 is 2.41 bits per heavy atom. The van der Waals surface area contributed by atoms with E-state index in [1.165, 1.54) is 17.5 Å². The van der Waals surface area contributed by atoms with Crippen molar-refractivity contribution in [3.05, 3.63) is 50.4 Å². The van der Waals surface area contributed by atoms with E-state index >= 15 is 0 Å². The SMILES string of the molecule is CC(C)c1ncc(C(=O)NC(C(=O)O)c2ccc(Br)cc2)s1. The lowest BCUT2D eigenvalue weighted by Gasteiger charge is -2.14. The van der Waals surface area contributed by atoms with Crippen molar-refractivity contribution in [2.24, 2.45) is 0 Å². The van der Waals surface area contributed by atoms with Gasteiger partial charge in [-0.25, -0.2) is 9.78 Å². The second-order valence-corrected chi connectivity index (χ2v) is 6.99. The molecular formula is C15H15BrN2O3S. The highest BCUT2D eigenvalue weighted by atomic mass is 79.9. The minimum absolute atomic E-state index is 0.230. The number of thiazole rings is 1. The molecule has 2 N–H and O–H groups in total. The second kappa shape index (κ2) is 7.02. The van der Waals surface area contributed by atoms with Gasteiger partial charge in [-0.2, -0.15) is 0 Å². The summed E-state index contributed by atoms with van der Waals surface area (Å²) >= 11 is 4.57. The molecule has 0 fully saturated rings. The summed E-state index contributed by atoms with van der Waals surface area (Å²) in [6.07, 6.45) is 1.48. The number of benzene rings is 1. The topological polar surface area (TPSA) is 79.3 Å². The van der Waals surface area contributed by atoms with Gasteiger partial charge in [0.1, 0.15) is 4.88 Å². The van der Waals surface area contributed by atoms with Crippen LogP contribution in [0.1, 0.15) is 46.0 Å². The summed E-state index contributed by atoms with van der Waals surface area (Å²) in [5.74, 6) is -1.31. The first-order valence-corrected chi connectivity index (χ1v) is 8.24. The average Bonchev–Trinajstić information content (AvgIpc) is 2.95. The molecule has 0 bridgehead atoms. The largest absolute Gasteiger partial charge is 0.479 e. The molecule has 0 spiro atoms. The Balaban J connectivity index is 2.18. The predicted octanol–water partition coefficient (Wildman–Crippen LogP) is 3.58. The number of amides is 1. The van der Waals surface area contributed by atoms with Crippen molar-refractivity contribution in [2.75, 3.05) is 0 Å². The molecule has 1 unspecified atom stereocenters. The van der Waals surface area contributed by atoms with E-state index in [4.69, 9.17) is 0 Å². The van der Waals surface area contributed by atoms with Crippen LogP contribution in [0, 0.1) is 0 Å². The van der Waals surface area contributed by atoms with Gasteiger partial charge in [-0.3, -0.25) is 4.79 Å². The molecule has 0 aliphatic heterocycles. The molecular weight excluding hydrogens is 368 g/mol. The molecule has 1 amide bonds. The summed E-state index contributed by atoms with van der Waals surface area (Å²) < 4.78 is 0.843. The third-order valence-corrected chi connectivity index (χ3v) is 4.79. The third-order valence-electron chi connectivity index (χ3n) is 2.97. The van der Waals surface area contributed by atoms with Crippen LogP contribution >= 0.6 is 27.3 Å². The Morgan fingerprint density at radius 2 is 1.91 bits per heavy atom. The molecule has 1 heterocycles. The Bertz CT molecular complexity index is 682. The Labute approximate surface area is 140 Å². The summed E-state index contributed by atoms with van der Waals surface area (Å²) in [7, 11) is 0. The molecule has 1 aromatic heterocycles. The molecule has 2 aromatic rings. The van der Waals surface area contributed by atoms with E-state index in [-0.39, 0.29) is 5.92 Å². The van der Waals surface area contributed by atoms with Gasteiger partial charge < -0.3 is 10.4 Å². The fourth-order valence-corrected chi connectivity index (χ4v) is 2.89. The standard InChI is InChI=1S/C15H15BrN2O3S/c1-8(2)14-17-7-11(22-14)13(19)18-12(15(20)21)9-3-5-10(16)6-4-9/h3-8,12H,1-2H3,(H,18,19)(H,20,21). The maximum atomic E-state index is 12.2. The first kappa shape index (κ1) is 16.6. The fourth-order valence-electron chi connectivity index (χ4n) is 1.80. The molecule has 0 aliphatic rings. The Morgan fingerprint density at radius 1 is 1.27 bits per heavy atom. The van der Waals surface area contributed by atoms with Gasteiger partial charge in [0.25, 0.3) is 5.91 Å². The van der Waals surface area contributed by atoms with Gasteiger partial charge in [-0.05, 0) is 17.7 Å². The lowest BCUT2D eigenvalue weighted by Crippen LogP contribution is -2.33. The molecule has 0 saturated heterocycles. The van der Waals surface area contributed by atoms with Gasteiger partial charge in [0.15, 0.2) is 6.04 Å². The highest BCUT2D eigenvalue weighted by molar-refractivity contribution is 9.10. The molecule has 0 saturated carbocycles. The minimum Gasteiger partial charge on any atom is -0.479 e. The number of nitrogens with one attached hydrogen (secondary N) is 1. The van der Waals surface area contributed by atoms with Gasteiger partial charge >= 0.3 is 5.97 Å². The van der Waals surface area contributed by atoms with Crippen LogP contribution in [0.4, 0.5) is 0 Å². The number of rotatable bonds is 5. The zero-order valence-corrected chi connectivity index (χ0v) is 14.4. The van der Waals surface area contributed by atoms with Crippen LogP contribution in [0.5, 0.6) is 0 Å². The van der Waals surface area contributed by atoms with Crippen molar-refractivity contribution >= 4 is 39.1 Å². The highest BCUT2D eigenvalue weighted by Crippen LogP contribution is 2.22. The number of carboxylic acid groups (broad SMARTS) is 1. The number of aliphatic carboxylic acids is 1. The van der Waals surface area contributed by atoms with Crippen LogP contribution in [0.2, 0.25) is 0 Å². The average molecular weight is 383 g/mol. The number of carboxylic acids is 1. The first-order valence-electron chi connectivity index (χ1n) is 6.63. The molecule has 1 atom stereocenters.